The predicted molar refractivity (Wildman–Crippen MR) is 64.3 cm³/mol. The number of carbonyl (C=O) groups excluding carboxylic acids is 1. The molecule has 4 heteroatoms. The summed E-state index contributed by atoms with van der Waals surface area (Å²) in [7, 11) is 1.66. The molecule has 0 radical (unpaired) electrons. The molecule has 1 aliphatic heterocycles. The van der Waals surface area contributed by atoms with Gasteiger partial charge in [0.15, 0.2) is 0 Å². The lowest BCUT2D eigenvalue weighted by Gasteiger charge is -2.22. The number of rotatable bonds is 7. The maximum absolute atomic E-state index is 11.4. The summed E-state index contributed by atoms with van der Waals surface area (Å²) >= 11 is 0. The molecule has 0 bridgehead atoms. The van der Waals surface area contributed by atoms with E-state index in [1.165, 1.54) is 12.8 Å². The Balaban J connectivity index is 1.94. The minimum atomic E-state index is 0.154. The summed E-state index contributed by atoms with van der Waals surface area (Å²) in [5, 5.41) is 6.35. The molecule has 2 N–H and O–H groups in total. The highest BCUT2D eigenvalue weighted by molar-refractivity contribution is 5.75. The van der Waals surface area contributed by atoms with E-state index in [1.54, 1.807) is 7.11 Å². The number of nitrogens with one attached hydrogen (secondary N) is 2. The van der Waals surface area contributed by atoms with Crippen molar-refractivity contribution in [2.75, 3.05) is 33.4 Å². The van der Waals surface area contributed by atoms with E-state index in [-0.39, 0.29) is 5.91 Å². The Hall–Kier alpha value is -0.610. The lowest BCUT2D eigenvalue weighted by Crippen LogP contribution is -2.33. The van der Waals surface area contributed by atoms with Gasteiger partial charge in [-0.3, -0.25) is 4.79 Å². The quantitative estimate of drug-likeness (QED) is 0.637. The van der Waals surface area contributed by atoms with Gasteiger partial charge in [-0.1, -0.05) is 0 Å². The Morgan fingerprint density at radius 3 is 3.12 bits per heavy atom. The molecule has 1 rings (SSSR count). The maximum Gasteiger partial charge on any atom is 0.220 e. The second kappa shape index (κ2) is 8.53. The first-order chi connectivity index (χ1) is 7.83. The zero-order valence-electron chi connectivity index (χ0n) is 10.3. The highest BCUT2D eigenvalue weighted by atomic mass is 16.5. The summed E-state index contributed by atoms with van der Waals surface area (Å²) in [6, 6.07) is 0. The minimum absolute atomic E-state index is 0.154. The van der Waals surface area contributed by atoms with Crippen molar-refractivity contribution in [2.45, 2.75) is 32.1 Å². The maximum atomic E-state index is 11.4. The van der Waals surface area contributed by atoms with Gasteiger partial charge in [0.05, 0.1) is 0 Å². The zero-order chi connectivity index (χ0) is 11.6. The number of carbonyl (C=O) groups is 1. The molecule has 1 aliphatic rings. The molecule has 1 amide bonds. The van der Waals surface area contributed by atoms with Gasteiger partial charge in [0, 0.05) is 26.7 Å². The molecular formula is C12H24N2O2. The third-order valence-corrected chi connectivity index (χ3v) is 3.03. The molecule has 0 aliphatic carbocycles. The molecular weight excluding hydrogens is 204 g/mol. The summed E-state index contributed by atoms with van der Waals surface area (Å²) < 4.78 is 4.90. The molecule has 1 fully saturated rings. The summed E-state index contributed by atoms with van der Waals surface area (Å²) in [6.45, 7) is 3.75. The fourth-order valence-electron chi connectivity index (χ4n) is 2.05. The molecule has 1 saturated heterocycles. The molecule has 0 aromatic carbocycles. The lowest BCUT2D eigenvalue weighted by molar-refractivity contribution is -0.121. The van der Waals surface area contributed by atoms with Crippen molar-refractivity contribution in [3.63, 3.8) is 0 Å². The normalized spacial score (nSPS) is 20.7. The van der Waals surface area contributed by atoms with E-state index in [0.717, 1.165) is 38.4 Å². The van der Waals surface area contributed by atoms with Gasteiger partial charge in [0.1, 0.15) is 0 Å². The van der Waals surface area contributed by atoms with Crippen LogP contribution >= 0.6 is 0 Å². The second-order valence-electron chi connectivity index (χ2n) is 4.45. The number of methoxy groups -OCH3 is 1. The molecule has 0 saturated carbocycles. The number of piperidine rings is 1. The van der Waals surface area contributed by atoms with Crippen LogP contribution in [0, 0.1) is 5.92 Å². The molecule has 0 spiro atoms. The Morgan fingerprint density at radius 1 is 1.56 bits per heavy atom. The third-order valence-electron chi connectivity index (χ3n) is 3.03. The van der Waals surface area contributed by atoms with Crippen LogP contribution < -0.4 is 10.6 Å². The van der Waals surface area contributed by atoms with Crippen LogP contribution in [0.1, 0.15) is 32.1 Å². The summed E-state index contributed by atoms with van der Waals surface area (Å²) in [4.78, 5) is 11.4. The monoisotopic (exact) mass is 228 g/mol. The first-order valence-corrected chi connectivity index (χ1v) is 6.29. The summed E-state index contributed by atoms with van der Waals surface area (Å²) in [5.41, 5.74) is 0. The molecule has 0 aromatic rings. The van der Waals surface area contributed by atoms with E-state index in [0.29, 0.717) is 13.0 Å². The number of amides is 1. The second-order valence-corrected chi connectivity index (χ2v) is 4.45. The average Bonchev–Trinajstić information content (AvgIpc) is 2.31. The van der Waals surface area contributed by atoms with Gasteiger partial charge in [0.25, 0.3) is 0 Å². The van der Waals surface area contributed by atoms with Gasteiger partial charge in [-0.05, 0) is 44.7 Å². The van der Waals surface area contributed by atoms with E-state index in [9.17, 15) is 4.79 Å². The van der Waals surface area contributed by atoms with Gasteiger partial charge in [-0.2, -0.15) is 0 Å². The molecule has 1 unspecified atom stereocenters. The van der Waals surface area contributed by atoms with E-state index in [1.807, 2.05) is 0 Å². The third kappa shape index (κ3) is 6.08. The summed E-state index contributed by atoms with van der Waals surface area (Å²) in [6.07, 6.45) is 5.06. The smallest absolute Gasteiger partial charge is 0.220 e. The highest BCUT2D eigenvalue weighted by Crippen LogP contribution is 2.12. The molecule has 1 atom stereocenters. The van der Waals surface area contributed by atoms with E-state index in [2.05, 4.69) is 10.6 Å². The van der Waals surface area contributed by atoms with Crippen molar-refractivity contribution in [1.82, 2.24) is 10.6 Å². The molecule has 94 valence electrons. The Bertz CT molecular complexity index is 191. The van der Waals surface area contributed by atoms with Crippen molar-refractivity contribution >= 4 is 5.91 Å². The van der Waals surface area contributed by atoms with Crippen molar-refractivity contribution in [1.29, 1.82) is 0 Å². The van der Waals surface area contributed by atoms with Crippen LogP contribution in [-0.4, -0.2) is 39.3 Å². The minimum Gasteiger partial charge on any atom is -0.385 e. The van der Waals surface area contributed by atoms with Crippen molar-refractivity contribution in [3.8, 4) is 0 Å². The topological polar surface area (TPSA) is 50.4 Å². The predicted octanol–water partition coefficient (Wildman–Crippen LogP) is 0.919. The van der Waals surface area contributed by atoms with Crippen LogP contribution in [0.2, 0.25) is 0 Å². The van der Waals surface area contributed by atoms with Crippen LogP contribution in [0.5, 0.6) is 0 Å². The first-order valence-electron chi connectivity index (χ1n) is 6.29. The van der Waals surface area contributed by atoms with Crippen molar-refractivity contribution in [3.05, 3.63) is 0 Å². The van der Waals surface area contributed by atoms with Gasteiger partial charge in [-0.15, -0.1) is 0 Å². The van der Waals surface area contributed by atoms with Crippen LogP contribution in [0.25, 0.3) is 0 Å². The fraction of sp³-hybridized carbons (Fsp3) is 0.917. The van der Waals surface area contributed by atoms with Crippen LogP contribution in [0.3, 0.4) is 0 Å². The number of ether oxygens (including phenoxy) is 1. The summed E-state index contributed by atoms with van der Waals surface area (Å²) in [5.74, 6) is 0.897. The van der Waals surface area contributed by atoms with Gasteiger partial charge >= 0.3 is 0 Å². The largest absolute Gasteiger partial charge is 0.385 e. The zero-order valence-corrected chi connectivity index (χ0v) is 10.3. The van der Waals surface area contributed by atoms with Gasteiger partial charge < -0.3 is 15.4 Å². The standard InChI is InChI=1S/C12H24N2O2/c1-16-9-3-5-12(15)14-8-6-11-4-2-7-13-10-11/h11,13H,2-10H2,1H3,(H,14,15). The fourth-order valence-corrected chi connectivity index (χ4v) is 2.05. The highest BCUT2D eigenvalue weighted by Gasteiger charge is 2.12. The lowest BCUT2D eigenvalue weighted by atomic mass is 9.96. The number of hydrogen-bond donors (Lipinski definition) is 2. The molecule has 1 heterocycles. The average molecular weight is 228 g/mol. The Morgan fingerprint density at radius 2 is 2.44 bits per heavy atom. The van der Waals surface area contributed by atoms with E-state index < -0.39 is 0 Å². The molecule has 4 nitrogen and oxygen atoms in total. The Kier molecular flexibility index (Phi) is 7.17. The first kappa shape index (κ1) is 13.5. The Labute approximate surface area is 98.1 Å². The van der Waals surface area contributed by atoms with Gasteiger partial charge in [-0.25, -0.2) is 0 Å². The molecule has 16 heavy (non-hydrogen) atoms. The van der Waals surface area contributed by atoms with Crippen molar-refractivity contribution in [2.24, 2.45) is 5.92 Å². The van der Waals surface area contributed by atoms with E-state index in [4.69, 9.17) is 4.74 Å². The SMILES string of the molecule is COCCCC(=O)NCCC1CCCNC1. The molecule has 0 aromatic heterocycles. The number of hydrogen-bond acceptors (Lipinski definition) is 3. The van der Waals surface area contributed by atoms with Crippen LogP contribution in [-0.2, 0) is 9.53 Å². The van der Waals surface area contributed by atoms with Crippen LogP contribution in [0.15, 0.2) is 0 Å². The van der Waals surface area contributed by atoms with Crippen LogP contribution in [0.4, 0.5) is 0 Å². The van der Waals surface area contributed by atoms with E-state index >= 15 is 0 Å². The van der Waals surface area contributed by atoms with Crippen molar-refractivity contribution < 1.29 is 9.53 Å². The van der Waals surface area contributed by atoms with Gasteiger partial charge in [0.2, 0.25) is 5.91 Å².